The Hall–Kier alpha value is -0.910. The molecule has 0 aliphatic heterocycles. The van der Waals surface area contributed by atoms with E-state index in [9.17, 15) is 0 Å². The van der Waals surface area contributed by atoms with Gasteiger partial charge in [-0.15, -0.1) is 11.3 Å². The molecule has 0 fully saturated rings. The van der Waals surface area contributed by atoms with Crippen LogP contribution in [0.15, 0.2) is 5.51 Å². The van der Waals surface area contributed by atoms with Crippen LogP contribution < -0.4 is 5.73 Å². The van der Waals surface area contributed by atoms with Gasteiger partial charge in [-0.2, -0.15) is 5.10 Å². The van der Waals surface area contributed by atoms with E-state index in [0.29, 0.717) is 11.4 Å². The van der Waals surface area contributed by atoms with Crippen LogP contribution in [0.5, 0.6) is 0 Å². The van der Waals surface area contributed by atoms with Gasteiger partial charge in [0.1, 0.15) is 0 Å². The monoisotopic (exact) mass is 270 g/mol. The maximum atomic E-state index is 6.21. The van der Waals surface area contributed by atoms with Gasteiger partial charge in [-0.25, -0.2) is 4.98 Å². The van der Waals surface area contributed by atoms with Crippen molar-refractivity contribution in [1.29, 1.82) is 0 Å². The third kappa shape index (κ3) is 2.36. The number of nitrogens with zero attached hydrogens (tertiary/aromatic N) is 3. The van der Waals surface area contributed by atoms with Gasteiger partial charge in [-0.3, -0.25) is 4.68 Å². The number of hydrogen-bond acceptors (Lipinski definition) is 4. The molecule has 4 nitrogen and oxygen atoms in total. The predicted molar refractivity (Wildman–Crippen MR) is 70.4 cm³/mol. The third-order valence-corrected chi connectivity index (χ3v) is 4.35. The van der Waals surface area contributed by atoms with E-state index in [0.717, 1.165) is 22.0 Å². The van der Waals surface area contributed by atoms with Crippen LogP contribution in [0.2, 0.25) is 5.02 Å². The molecule has 0 aliphatic carbocycles. The number of thiazole rings is 1. The molecule has 0 saturated carbocycles. The quantitative estimate of drug-likeness (QED) is 0.932. The van der Waals surface area contributed by atoms with Gasteiger partial charge in [-0.05, 0) is 13.8 Å². The van der Waals surface area contributed by atoms with Crippen LogP contribution >= 0.6 is 22.9 Å². The summed E-state index contributed by atoms with van der Waals surface area (Å²) in [6, 6.07) is -0.0743. The molecule has 2 heterocycles. The lowest BCUT2D eigenvalue weighted by Crippen LogP contribution is -2.15. The number of rotatable bonds is 3. The van der Waals surface area contributed by atoms with Gasteiger partial charge in [0.15, 0.2) is 0 Å². The summed E-state index contributed by atoms with van der Waals surface area (Å²) in [5.74, 6) is 0. The van der Waals surface area contributed by atoms with E-state index in [1.165, 1.54) is 0 Å². The molecule has 0 bridgehead atoms. The van der Waals surface area contributed by atoms with Crippen LogP contribution in [0.25, 0.3) is 0 Å². The summed E-state index contributed by atoms with van der Waals surface area (Å²) in [5.41, 5.74) is 10.8. The molecule has 0 aromatic carbocycles. The highest BCUT2D eigenvalue weighted by atomic mass is 35.5. The first-order valence-electron chi connectivity index (χ1n) is 5.34. The van der Waals surface area contributed by atoms with Crippen molar-refractivity contribution < 1.29 is 0 Å². The van der Waals surface area contributed by atoms with Crippen molar-refractivity contribution in [3.8, 4) is 0 Å². The second kappa shape index (κ2) is 4.76. The Kier molecular flexibility index (Phi) is 3.51. The fraction of sp³-hybridized carbons (Fsp3) is 0.455. The van der Waals surface area contributed by atoms with E-state index in [1.54, 1.807) is 16.0 Å². The predicted octanol–water partition coefficient (Wildman–Crippen LogP) is 2.39. The maximum Gasteiger partial charge on any atom is 0.0847 e. The van der Waals surface area contributed by atoms with Crippen molar-refractivity contribution in [3.05, 3.63) is 32.5 Å². The van der Waals surface area contributed by atoms with Crippen molar-refractivity contribution in [3.63, 3.8) is 0 Å². The molecule has 17 heavy (non-hydrogen) atoms. The van der Waals surface area contributed by atoms with E-state index in [2.05, 4.69) is 10.1 Å². The highest BCUT2D eigenvalue weighted by Gasteiger charge is 2.18. The maximum absolute atomic E-state index is 6.21. The van der Waals surface area contributed by atoms with Gasteiger partial charge in [0, 0.05) is 24.4 Å². The summed E-state index contributed by atoms with van der Waals surface area (Å²) < 4.78 is 1.80. The number of aryl methyl sites for hydroxylation is 3. The van der Waals surface area contributed by atoms with Crippen molar-refractivity contribution in [2.24, 2.45) is 12.8 Å². The molecular formula is C11H15ClN4S. The van der Waals surface area contributed by atoms with Crippen LogP contribution in [0.3, 0.4) is 0 Å². The summed E-state index contributed by atoms with van der Waals surface area (Å²) >= 11 is 7.79. The summed E-state index contributed by atoms with van der Waals surface area (Å²) in [6.07, 6.45) is 0.680. The van der Waals surface area contributed by atoms with Crippen molar-refractivity contribution >= 4 is 22.9 Å². The third-order valence-electron chi connectivity index (χ3n) is 2.79. The average Bonchev–Trinajstić information content (AvgIpc) is 2.78. The van der Waals surface area contributed by atoms with Crippen LogP contribution in [-0.2, 0) is 13.5 Å². The molecule has 2 aromatic rings. The largest absolute Gasteiger partial charge is 0.323 e. The zero-order valence-corrected chi connectivity index (χ0v) is 11.6. The molecule has 0 amide bonds. The minimum absolute atomic E-state index is 0.0743. The van der Waals surface area contributed by atoms with E-state index in [-0.39, 0.29) is 6.04 Å². The number of nitrogens with two attached hydrogens (primary N) is 1. The van der Waals surface area contributed by atoms with Crippen molar-refractivity contribution in [1.82, 2.24) is 14.8 Å². The standard InChI is InChI=1S/C11H15ClN4S/c1-6-10(12)9(16(3)15-6)4-8(13)11-7(2)14-5-17-11/h5,8H,4,13H2,1-3H3. The Morgan fingerprint density at radius 2 is 2.18 bits per heavy atom. The van der Waals surface area contributed by atoms with E-state index < -0.39 is 0 Å². The van der Waals surface area contributed by atoms with Gasteiger partial charge in [0.2, 0.25) is 0 Å². The van der Waals surface area contributed by atoms with Gasteiger partial charge in [0.25, 0.3) is 0 Å². The smallest absolute Gasteiger partial charge is 0.0847 e. The van der Waals surface area contributed by atoms with Gasteiger partial charge in [0.05, 0.1) is 27.6 Å². The molecule has 6 heteroatoms. The highest BCUT2D eigenvalue weighted by molar-refractivity contribution is 7.09. The molecule has 2 N–H and O–H groups in total. The molecule has 0 aliphatic rings. The average molecular weight is 271 g/mol. The first-order chi connectivity index (χ1) is 8.00. The number of hydrogen-bond donors (Lipinski definition) is 1. The molecule has 0 spiro atoms. The highest BCUT2D eigenvalue weighted by Crippen LogP contribution is 2.27. The SMILES string of the molecule is Cc1ncsc1C(N)Cc1c(Cl)c(C)nn1C. The molecule has 0 radical (unpaired) electrons. The lowest BCUT2D eigenvalue weighted by Gasteiger charge is -2.11. The first kappa shape index (κ1) is 12.5. The number of aromatic nitrogens is 3. The summed E-state index contributed by atoms with van der Waals surface area (Å²) in [7, 11) is 1.89. The lowest BCUT2D eigenvalue weighted by atomic mass is 10.1. The molecule has 0 saturated heterocycles. The Morgan fingerprint density at radius 3 is 2.65 bits per heavy atom. The molecule has 1 atom stereocenters. The van der Waals surface area contributed by atoms with Crippen LogP contribution in [0.1, 0.15) is 28.0 Å². The lowest BCUT2D eigenvalue weighted by molar-refractivity contribution is 0.643. The summed E-state index contributed by atoms with van der Waals surface area (Å²) in [5, 5.41) is 5.00. The normalized spacial score (nSPS) is 13.0. The molecule has 2 aromatic heterocycles. The van der Waals surface area contributed by atoms with E-state index in [1.807, 2.05) is 26.4 Å². The Bertz CT molecular complexity index is 532. The fourth-order valence-corrected chi connectivity index (χ4v) is 2.91. The van der Waals surface area contributed by atoms with Crippen LogP contribution in [0, 0.1) is 13.8 Å². The summed E-state index contributed by atoms with van der Waals surface area (Å²) in [4.78, 5) is 5.32. The Balaban J connectivity index is 2.24. The zero-order valence-electron chi connectivity index (χ0n) is 10.1. The molecular weight excluding hydrogens is 256 g/mol. The molecule has 1 unspecified atom stereocenters. The molecule has 92 valence electrons. The minimum atomic E-state index is -0.0743. The Labute approximate surface area is 109 Å². The van der Waals surface area contributed by atoms with E-state index in [4.69, 9.17) is 17.3 Å². The van der Waals surface area contributed by atoms with Gasteiger partial charge in [-0.1, -0.05) is 11.6 Å². The summed E-state index contributed by atoms with van der Waals surface area (Å²) in [6.45, 7) is 3.87. The van der Waals surface area contributed by atoms with Gasteiger partial charge >= 0.3 is 0 Å². The zero-order chi connectivity index (χ0) is 12.6. The molecule has 2 rings (SSSR count). The van der Waals surface area contributed by atoms with Gasteiger partial charge < -0.3 is 5.73 Å². The fourth-order valence-electron chi connectivity index (χ4n) is 1.87. The second-order valence-electron chi connectivity index (χ2n) is 4.08. The second-order valence-corrected chi connectivity index (χ2v) is 5.35. The Morgan fingerprint density at radius 1 is 1.47 bits per heavy atom. The van der Waals surface area contributed by atoms with Crippen LogP contribution in [-0.4, -0.2) is 14.8 Å². The van der Waals surface area contributed by atoms with Crippen molar-refractivity contribution in [2.45, 2.75) is 26.3 Å². The van der Waals surface area contributed by atoms with E-state index >= 15 is 0 Å². The topological polar surface area (TPSA) is 56.7 Å². The minimum Gasteiger partial charge on any atom is -0.323 e. The van der Waals surface area contributed by atoms with Crippen LogP contribution in [0.4, 0.5) is 0 Å². The first-order valence-corrected chi connectivity index (χ1v) is 6.60. The van der Waals surface area contributed by atoms with Crippen molar-refractivity contribution in [2.75, 3.05) is 0 Å². The number of halogens is 1.